The summed E-state index contributed by atoms with van der Waals surface area (Å²) in [6, 6.07) is 28.4. The summed E-state index contributed by atoms with van der Waals surface area (Å²) in [5, 5.41) is 3.77. The van der Waals surface area contributed by atoms with Gasteiger partial charge in [0.2, 0.25) is 15.9 Å². The minimum absolute atomic E-state index is 0.110. The van der Waals surface area contributed by atoms with Crippen LogP contribution in [0.5, 0.6) is 0 Å². The Morgan fingerprint density at radius 3 is 2.37 bits per heavy atom. The van der Waals surface area contributed by atoms with Crippen molar-refractivity contribution in [2.24, 2.45) is 0 Å². The third-order valence-electron chi connectivity index (χ3n) is 5.96. The molecule has 1 heterocycles. The molecule has 4 aromatic carbocycles. The Morgan fingerprint density at radius 2 is 1.66 bits per heavy atom. The molecule has 0 radical (unpaired) electrons. The molecule has 5 rings (SSSR count). The highest BCUT2D eigenvalue weighted by Crippen LogP contribution is 2.31. The lowest BCUT2D eigenvalue weighted by atomic mass is 10.1. The summed E-state index contributed by atoms with van der Waals surface area (Å²) in [6.45, 7) is 2.06. The van der Waals surface area contributed by atoms with E-state index in [1.165, 1.54) is 17.7 Å². The highest BCUT2D eigenvalue weighted by molar-refractivity contribution is 14.1. The van der Waals surface area contributed by atoms with Gasteiger partial charge < -0.3 is 5.32 Å². The van der Waals surface area contributed by atoms with Gasteiger partial charge in [0.15, 0.2) is 0 Å². The van der Waals surface area contributed by atoms with Crippen LogP contribution in [0.15, 0.2) is 102 Å². The Labute approximate surface area is 239 Å². The Hall–Kier alpha value is -3.12. The summed E-state index contributed by atoms with van der Waals surface area (Å²) < 4.78 is 30.8. The van der Waals surface area contributed by atoms with E-state index in [-0.39, 0.29) is 11.3 Å². The first-order chi connectivity index (χ1) is 18.3. The minimum atomic E-state index is -3.91. The SMILES string of the molecule is Cc1ccc2nc(-c3ccc(NC(=O)[C@H](Cc4ccccc4)NS(=O)(=O)c4ccc(I)cc4)cc3)sc2c1. The fourth-order valence-electron chi connectivity index (χ4n) is 3.99. The van der Waals surface area contributed by atoms with Crippen molar-refractivity contribution in [2.75, 3.05) is 5.32 Å². The van der Waals surface area contributed by atoms with Gasteiger partial charge in [0, 0.05) is 14.8 Å². The molecule has 0 bridgehead atoms. The van der Waals surface area contributed by atoms with Crippen LogP contribution < -0.4 is 10.0 Å². The third kappa shape index (κ3) is 6.29. The monoisotopic (exact) mass is 653 g/mol. The molecule has 0 aliphatic rings. The van der Waals surface area contributed by atoms with Crippen LogP contribution in [0.25, 0.3) is 20.8 Å². The van der Waals surface area contributed by atoms with Crippen molar-refractivity contribution in [2.45, 2.75) is 24.3 Å². The van der Waals surface area contributed by atoms with E-state index in [0.717, 1.165) is 29.9 Å². The van der Waals surface area contributed by atoms with Gasteiger partial charge in [-0.15, -0.1) is 11.3 Å². The molecular weight excluding hydrogens is 629 g/mol. The van der Waals surface area contributed by atoms with Crippen LogP contribution in [0.1, 0.15) is 11.1 Å². The number of carbonyl (C=O) groups is 1. The van der Waals surface area contributed by atoms with Gasteiger partial charge in [-0.3, -0.25) is 4.79 Å². The molecule has 6 nitrogen and oxygen atoms in total. The van der Waals surface area contributed by atoms with E-state index >= 15 is 0 Å². The molecule has 1 amide bonds. The molecule has 1 atom stereocenters. The van der Waals surface area contributed by atoms with Gasteiger partial charge in [0.25, 0.3) is 0 Å². The van der Waals surface area contributed by atoms with Crippen LogP contribution in [0.2, 0.25) is 0 Å². The Morgan fingerprint density at radius 1 is 0.947 bits per heavy atom. The number of benzene rings is 4. The summed E-state index contributed by atoms with van der Waals surface area (Å²) in [5.41, 5.74) is 4.51. The molecule has 0 unspecified atom stereocenters. The lowest BCUT2D eigenvalue weighted by molar-refractivity contribution is -0.117. The number of carbonyl (C=O) groups excluding carboxylic acids is 1. The summed E-state index contributed by atoms with van der Waals surface area (Å²) in [5.74, 6) is -0.439. The third-order valence-corrected chi connectivity index (χ3v) is 9.24. The number of aryl methyl sites for hydroxylation is 1. The largest absolute Gasteiger partial charge is 0.325 e. The van der Waals surface area contributed by atoms with Crippen LogP contribution >= 0.6 is 33.9 Å². The Balaban J connectivity index is 1.35. The lowest BCUT2D eigenvalue weighted by Crippen LogP contribution is -2.45. The van der Waals surface area contributed by atoms with Gasteiger partial charge in [-0.1, -0.05) is 36.4 Å². The fraction of sp³-hybridized carbons (Fsp3) is 0.103. The average molecular weight is 654 g/mol. The van der Waals surface area contributed by atoms with Gasteiger partial charge in [0.05, 0.1) is 15.1 Å². The van der Waals surface area contributed by atoms with E-state index in [1.54, 1.807) is 35.6 Å². The van der Waals surface area contributed by atoms with E-state index < -0.39 is 22.0 Å². The number of nitrogens with zero attached hydrogens (tertiary/aromatic N) is 1. The zero-order valence-electron chi connectivity index (χ0n) is 20.4. The first-order valence-corrected chi connectivity index (χ1v) is 15.2. The zero-order valence-corrected chi connectivity index (χ0v) is 24.2. The molecule has 0 spiro atoms. The first-order valence-electron chi connectivity index (χ1n) is 11.9. The number of halogens is 1. The van der Waals surface area contributed by atoms with Crippen LogP contribution in [-0.4, -0.2) is 25.4 Å². The number of nitrogens with one attached hydrogen (secondary N) is 2. The van der Waals surface area contributed by atoms with Crippen molar-refractivity contribution in [1.82, 2.24) is 9.71 Å². The van der Waals surface area contributed by atoms with E-state index in [1.807, 2.05) is 54.6 Å². The van der Waals surface area contributed by atoms with Crippen molar-refractivity contribution in [3.05, 3.63) is 112 Å². The van der Waals surface area contributed by atoms with Crippen molar-refractivity contribution in [1.29, 1.82) is 0 Å². The smallest absolute Gasteiger partial charge is 0.242 e. The second-order valence-electron chi connectivity index (χ2n) is 8.87. The normalized spacial score (nSPS) is 12.4. The number of rotatable bonds is 8. The predicted molar refractivity (Wildman–Crippen MR) is 162 cm³/mol. The molecule has 2 N–H and O–H groups in total. The topological polar surface area (TPSA) is 88.2 Å². The number of aromatic nitrogens is 1. The number of hydrogen-bond donors (Lipinski definition) is 2. The fourth-order valence-corrected chi connectivity index (χ4v) is 6.61. The molecule has 1 aromatic heterocycles. The molecule has 0 saturated heterocycles. The van der Waals surface area contributed by atoms with Crippen molar-refractivity contribution in [3.63, 3.8) is 0 Å². The van der Waals surface area contributed by atoms with Gasteiger partial charge in [0.1, 0.15) is 11.0 Å². The molecular formula is C29H24IN3O3S2. The summed E-state index contributed by atoms with van der Waals surface area (Å²) >= 11 is 3.74. The quantitative estimate of drug-likeness (QED) is 0.190. The maximum absolute atomic E-state index is 13.3. The van der Waals surface area contributed by atoms with Crippen LogP contribution in [0, 0.1) is 10.5 Å². The molecule has 0 fully saturated rings. The summed E-state index contributed by atoms with van der Waals surface area (Å²) in [6.07, 6.45) is 0.208. The van der Waals surface area contributed by atoms with Crippen LogP contribution in [-0.2, 0) is 21.2 Å². The van der Waals surface area contributed by atoms with Gasteiger partial charge >= 0.3 is 0 Å². The maximum Gasteiger partial charge on any atom is 0.242 e. The number of fused-ring (bicyclic) bond motifs is 1. The number of sulfonamides is 1. The van der Waals surface area contributed by atoms with Gasteiger partial charge in [-0.05, 0) is 108 Å². The molecule has 0 aliphatic heterocycles. The molecule has 192 valence electrons. The molecule has 5 aromatic rings. The Bertz CT molecular complexity index is 1690. The lowest BCUT2D eigenvalue weighted by Gasteiger charge is -2.19. The standard InChI is InChI=1S/C29H24IN3O3S2/c1-19-7-16-25-27(17-19)37-29(32-25)21-8-12-23(13-9-21)31-28(34)26(18-20-5-3-2-4-6-20)33-38(35,36)24-14-10-22(30)11-15-24/h2-17,26,33H,18H2,1H3,(H,31,34)/t26-/m0/s1. The number of anilines is 1. The highest BCUT2D eigenvalue weighted by Gasteiger charge is 2.26. The minimum Gasteiger partial charge on any atom is -0.325 e. The summed E-state index contributed by atoms with van der Waals surface area (Å²) in [4.78, 5) is 18.2. The van der Waals surface area contributed by atoms with Gasteiger partial charge in [-0.2, -0.15) is 4.72 Å². The van der Waals surface area contributed by atoms with E-state index in [2.05, 4.69) is 45.6 Å². The molecule has 38 heavy (non-hydrogen) atoms. The van der Waals surface area contributed by atoms with E-state index in [0.29, 0.717) is 5.69 Å². The maximum atomic E-state index is 13.3. The van der Waals surface area contributed by atoms with Crippen molar-refractivity contribution in [3.8, 4) is 10.6 Å². The molecule has 9 heteroatoms. The van der Waals surface area contributed by atoms with Crippen LogP contribution in [0.3, 0.4) is 0 Å². The Kier molecular flexibility index (Phi) is 7.89. The van der Waals surface area contributed by atoms with Crippen molar-refractivity contribution >= 4 is 65.8 Å². The molecule has 0 saturated carbocycles. The zero-order chi connectivity index (χ0) is 26.7. The second kappa shape index (κ2) is 11.3. The van der Waals surface area contributed by atoms with E-state index in [9.17, 15) is 13.2 Å². The summed E-state index contributed by atoms with van der Waals surface area (Å²) in [7, 11) is -3.91. The number of amides is 1. The average Bonchev–Trinajstić information content (AvgIpc) is 3.33. The number of thiazole rings is 1. The van der Waals surface area contributed by atoms with Crippen LogP contribution in [0.4, 0.5) is 5.69 Å². The molecule has 0 aliphatic carbocycles. The first kappa shape index (κ1) is 26.5. The second-order valence-corrected chi connectivity index (χ2v) is 12.9. The van der Waals surface area contributed by atoms with Crippen molar-refractivity contribution < 1.29 is 13.2 Å². The predicted octanol–water partition coefficient (Wildman–Crippen LogP) is 6.40. The van der Waals surface area contributed by atoms with Gasteiger partial charge in [-0.25, -0.2) is 13.4 Å². The van der Waals surface area contributed by atoms with E-state index in [4.69, 9.17) is 4.98 Å². The number of hydrogen-bond acceptors (Lipinski definition) is 5. The highest BCUT2D eigenvalue weighted by atomic mass is 127.